The number of unbranched alkanes of at least 4 members (excludes halogenated alkanes) is 16. The molecular weight excluding hydrogens is 508 g/mol. The maximum Gasteiger partial charge on any atom is 0.303 e. The maximum absolute atomic E-state index is 10.8. The Kier molecular flexibility index (Phi) is 23.8. The van der Waals surface area contributed by atoms with Crippen LogP contribution in [0.1, 0.15) is 174 Å². The van der Waals surface area contributed by atoms with Crippen molar-refractivity contribution in [1.29, 1.82) is 0 Å². The lowest BCUT2D eigenvalue weighted by molar-refractivity contribution is -0.138. The maximum atomic E-state index is 10.8. The van der Waals surface area contributed by atoms with Crippen LogP contribution in [0.25, 0.3) is 0 Å². The molecule has 0 spiro atoms. The lowest BCUT2D eigenvalue weighted by Crippen LogP contribution is -2.30. The monoisotopic (exact) mass is 574 g/mol. The van der Waals surface area contributed by atoms with Crippen LogP contribution in [0.4, 0.5) is 0 Å². The molecule has 2 N–H and O–H groups in total. The molecule has 0 heterocycles. The summed E-state index contributed by atoms with van der Waals surface area (Å²) in [7, 11) is 0. The summed E-state index contributed by atoms with van der Waals surface area (Å²) >= 11 is 0. The third-order valence-corrected chi connectivity index (χ3v) is 9.22. The molecule has 0 aromatic heterocycles. The van der Waals surface area contributed by atoms with Gasteiger partial charge in [-0.3, -0.25) is 9.59 Å². The number of hydrogen-bond acceptors (Lipinski definition) is 2. The molecule has 0 aromatic rings. The number of carboxylic acid groups (broad SMARTS) is 2. The second kappa shape index (κ2) is 26.1. The second-order valence-corrected chi connectivity index (χ2v) is 12.8. The van der Waals surface area contributed by atoms with Crippen molar-refractivity contribution in [3.05, 3.63) is 24.3 Å². The fourth-order valence-electron chi connectivity index (χ4n) is 6.75. The van der Waals surface area contributed by atoms with E-state index in [1.807, 2.05) is 0 Å². The summed E-state index contributed by atoms with van der Waals surface area (Å²) in [5.41, 5.74) is 0. The van der Waals surface area contributed by atoms with Crippen LogP contribution in [0.15, 0.2) is 24.3 Å². The molecular formula is C37H66O4. The normalized spacial score (nSPS) is 20.6. The SMILES string of the molecule is CCCCCCCC1C(CCCCCC)C=CC(CCCCCCCC(=O)O)C1/C=C\CCCCCCCC(=O)O. The molecule has 41 heavy (non-hydrogen) atoms. The minimum absolute atomic E-state index is 0.304. The Morgan fingerprint density at radius 2 is 1.00 bits per heavy atom. The van der Waals surface area contributed by atoms with E-state index in [1.165, 1.54) is 103 Å². The highest BCUT2D eigenvalue weighted by Gasteiger charge is 2.33. The van der Waals surface area contributed by atoms with Crippen LogP contribution in [-0.2, 0) is 9.59 Å². The van der Waals surface area contributed by atoms with E-state index in [2.05, 4.69) is 38.2 Å². The predicted octanol–water partition coefficient (Wildman–Crippen LogP) is 11.5. The fraction of sp³-hybridized carbons (Fsp3) is 0.838. The van der Waals surface area contributed by atoms with Crippen molar-refractivity contribution >= 4 is 11.9 Å². The first kappa shape index (κ1) is 37.4. The molecule has 4 atom stereocenters. The minimum Gasteiger partial charge on any atom is -0.481 e. The molecule has 0 saturated heterocycles. The Morgan fingerprint density at radius 3 is 1.59 bits per heavy atom. The number of aliphatic carboxylic acids is 2. The van der Waals surface area contributed by atoms with Gasteiger partial charge in [-0.1, -0.05) is 141 Å². The lowest BCUT2D eigenvalue weighted by Gasteiger charge is -2.39. The highest BCUT2D eigenvalue weighted by atomic mass is 16.4. The minimum atomic E-state index is -0.675. The number of rotatable bonds is 28. The van der Waals surface area contributed by atoms with Gasteiger partial charge in [0.15, 0.2) is 0 Å². The van der Waals surface area contributed by atoms with Crippen LogP contribution in [0.5, 0.6) is 0 Å². The van der Waals surface area contributed by atoms with Gasteiger partial charge in [0, 0.05) is 12.8 Å². The van der Waals surface area contributed by atoms with Gasteiger partial charge in [-0.25, -0.2) is 0 Å². The third kappa shape index (κ3) is 20.0. The number of carbonyl (C=O) groups is 2. The molecule has 0 aliphatic heterocycles. The topological polar surface area (TPSA) is 74.6 Å². The van der Waals surface area contributed by atoms with Crippen LogP contribution < -0.4 is 0 Å². The van der Waals surface area contributed by atoms with Crippen molar-refractivity contribution in [1.82, 2.24) is 0 Å². The van der Waals surface area contributed by atoms with E-state index in [1.54, 1.807) is 0 Å². The van der Waals surface area contributed by atoms with E-state index in [0.717, 1.165) is 50.9 Å². The Hall–Kier alpha value is -1.58. The van der Waals surface area contributed by atoms with Gasteiger partial charge in [0.25, 0.3) is 0 Å². The number of hydrogen-bond donors (Lipinski definition) is 2. The summed E-state index contributed by atoms with van der Waals surface area (Å²) in [6.07, 6.45) is 39.0. The van der Waals surface area contributed by atoms with E-state index in [9.17, 15) is 9.59 Å². The van der Waals surface area contributed by atoms with E-state index in [0.29, 0.717) is 30.6 Å². The first-order valence-corrected chi connectivity index (χ1v) is 17.8. The van der Waals surface area contributed by atoms with Crippen molar-refractivity contribution in [2.75, 3.05) is 0 Å². The molecule has 1 aliphatic carbocycles. The van der Waals surface area contributed by atoms with Crippen LogP contribution in [-0.4, -0.2) is 22.2 Å². The van der Waals surface area contributed by atoms with Gasteiger partial charge in [0.1, 0.15) is 0 Å². The smallest absolute Gasteiger partial charge is 0.303 e. The Morgan fingerprint density at radius 1 is 0.561 bits per heavy atom. The molecule has 4 nitrogen and oxygen atoms in total. The highest BCUT2D eigenvalue weighted by molar-refractivity contribution is 5.66. The quantitative estimate of drug-likeness (QED) is 0.0720. The van der Waals surface area contributed by atoms with Crippen molar-refractivity contribution < 1.29 is 19.8 Å². The van der Waals surface area contributed by atoms with E-state index < -0.39 is 11.9 Å². The van der Waals surface area contributed by atoms with Gasteiger partial charge in [0.2, 0.25) is 0 Å². The summed E-state index contributed by atoms with van der Waals surface area (Å²) in [5.74, 6) is 1.41. The third-order valence-electron chi connectivity index (χ3n) is 9.22. The molecule has 0 radical (unpaired) electrons. The van der Waals surface area contributed by atoms with Crippen molar-refractivity contribution in [3.63, 3.8) is 0 Å². The summed E-state index contributed by atoms with van der Waals surface area (Å²) in [4.78, 5) is 21.5. The molecule has 0 fully saturated rings. The van der Waals surface area contributed by atoms with Crippen LogP contribution in [0.2, 0.25) is 0 Å². The predicted molar refractivity (Wildman–Crippen MR) is 174 cm³/mol. The zero-order valence-corrected chi connectivity index (χ0v) is 27.0. The average molecular weight is 575 g/mol. The molecule has 0 bridgehead atoms. The zero-order chi connectivity index (χ0) is 30.0. The molecule has 0 saturated carbocycles. The Balaban J connectivity index is 2.76. The van der Waals surface area contributed by atoms with Gasteiger partial charge in [-0.2, -0.15) is 0 Å². The summed E-state index contributed by atoms with van der Waals surface area (Å²) < 4.78 is 0. The van der Waals surface area contributed by atoms with Crippen LogP contribution >= 0.6 is 0 Å². The Bertz CT molecular complexity index is 697. The molecule has 238 valence electrons. The number of carboxylic acids is 2. The molecule has 0 aromatic carbocycles. The van der Waals surface area contributed by atoms with Crippen molar-refractivity contribution in [2.24, 2.45) is 23.7 Å². The molecule has 4 heteroatoms. The van der Waals surface area contributed by atoms with Crippen molar-refractivity contribution in [3.8, 4) is 0 Å². The van der Waals surface area contributed by atoms with Crippen molar-refractivity contribution in [2.45, 2.75) is 174 Å². The average Bonchev–Trinajstić information content (AvgIpc) is 2.94. The summed E-state index contributed by atoms with van der Waals surface area (Å²) in [6.45, 7) is 4.60. The first-order valence-electron chi connectivity index (χ1n) is 17.8. The highest BCUT2D eigenvalue weighted by Crippen LogP contribution is 2.43. The van der Waals surface area contributed by atoms with Crippen LogP contribution in [0, 0.1) is 23.7 Å². The van der Waals surface area contributed by atoms with Gasteiger partial charge in [-0.15, -0.1) is 0 Å². The molecule has 1 aliphatic rings. The summed E-state index contributed by atoms with van der Waals surface area (Å²) in [6, 6.07) is 0. The molecule has 4 unspecified atom stereocenters. The standard InChI is InChI=1S/C37H66O4/c1-3-5-7-13-20-26-34-32(24-18-8-6-4-2)30-31-33(25-19-14-12-17-23-29-37(40)41)35(34)27-21-15-10-9-11-16-22-28-36(38)39/h21,27,30-35H,3-20,22-26,28-29H2,1-2H3,(H,38,39)(H,40,41)/b27-21-. The zero-order valence-electron chi connectivity index (χ0n) is 27.0. The van der Waals surface area contributed by atoms with E-state index in [-0.39, 0.29) is 0 Å². The molecule has 0 amide bonds. The van der Waals surface area contributed by atoms with Gasteiger partial charge in [-0.05, 0) is 68.6 Å². The molecule has 1 rings (SSSR count). The van der Waals surface area contributed by atoms with Crippen LogP contribution in [0.3, 0.4) is 0 Å². The van der Waals surface area contributed by atoms with Gasteiger partial charge < -0.3 is 10.2 Å². The largest absolute Gasteiger partial charge is 0.481 e. The summed E-state index contributed by atoms with van der Waals surface area (Å²) in [5, 5.41) is 17.7. The van der Waals surface area contributed by atoms with Gasteiger partial charge >= 0.3 is 11.9 Å². The van der Waals surface area contributed by atoms with Gasteiger partial charge in [0.05, 0.1) is 0 Å². The van der Waals surface area contributed by atoms with E-state index in [4.69, 9.17) is 10.2 Å². The first-order chi connectivity index (χ1) is 20.0. The van der Waals surface area contributed by atoms with E-state index >= 15 is 0 Å². The number of allylic oxidation sites excluding steroid dienone is 4. The Labute approximate surface area is 253 Å². The lowest BCUT2D eigenvalue weighted by atomic mass is 9.66. The second-order valence-electron chi connectivity index (χ2n) is 12.8. The fourth-order valence-corrected chi connectivity index (χ4v) is 6.75.